The van der Waals surface area contributed by atoms with Gasteiger partial charge in [0.1, 0.15) is 0 Å². The Bertz CT molecular complexity index is 704. The molecule has 1 heterocycles. The van der Waals surface area contributed by atoms with Gasteiger partial charge in [-0.05, 0) is 30.0 Å². The first-order valence-electron chi connectivity index (χ1n) is 7.14. The molecule has 0 saturated carbocycles. The molecule has 0 radical (unpaired) electrons. The summed E-state index contributed by atoms with van der Waals surface area (Å²) in [7, 11) is 0. The van der Waals surface area contributed by atoms with Crippen LogP contribution in [0.15, 0.2) is 71.5 Å². The molecule has 106 valence electrons. The first kappa shape index (κ1) is 14.1. The Morgan fingerprint density at radius 3 is 2.52 bits per heavy atom. The number of aryl methyl sites for hydroxylation is 2. The number of hydrogen-bond acceptors (Lipinski definition) is 1. The zero-order valence-corrected chi connectivity index (χ0v) is 13.3. The van der Waals surface area contributed by atoms with Gasteiger partial charge in [0.25, 0.3) is 0 Å². The molecule has 0 bridgehead atoms. The minimum absolute atomic E-state index is 0.944. The lowest BCUT2D eigenvalue weighted by atomic mass is 10.1. The summed E-state index contributed by atoms with van der Waals surface area (Å²) in [4.78, 5) is 0. The summed E-state index contributed by atoms with van der Waals surface area (Å²) in [5, 5.41) is 4.46. The van der Waals surface area contributed by atoms with Crippen molar-refractivity contribution in [3.05, 3.63) is 77.0 Å². The van der Waals surface area contributed by atoms with E-state index in [1.165, 1.54) is 11.1 Å². The molecule has 2 aromatic carbocycles. The van der Waals surface area contributed by atoms with Crippen molar-refractivity contribution in [3.63, 3.8) is 0 Å². The largest absolute Gasteiger partial charge is 0.272 e. The molecule has 0 aliphatic rings. The van der Waals surface area contributed by atoms with Crippen LogP contribution in [0.3, 0.4) is 0 Å². The van der Waals surface area contributed by atoms with Crippen LogP contribution >= 0.6 is 15.9 Å². The van der Waals surface area contributed by atoms with Gasteiger partial charge in [0, 0.05) is 22.8 Å². The zero-order valence-electron chi connectivity index (χ0n) is 11.7. The average molecular weight is 341 g/mol. The van der Waals surface area contributed by atoms with Crippen LogP contribution in [0.25, 0.3) is 11.1 Å². The molecule has 3 rings (SSSR count). The molecule has 1 aromatic heterocycles. The van der Waals surface area contributed by atoms with E-state index in [0.29, 0.717) is 0 Å². The van der Waals surface area contributed by atoms with Gasteiger partial charge in [-0.15, -0.1) is 0 Å². The maximum atomic E-state index is 4.46. The standard InChI is InChI=1S/C18H17BrN2/c19-18-11-5-4-10-17(18)16-13-20-21(14-16)12-6-9-15-7-2-1-3-8-15/h1-5,7-8,10-11,13-14H,6,9,12H2. The summed E-state index contributed by atoms with van der Waals surface area (Å²) < 4.78 is 3.13. The van der Waals surface area contributed by atoms with Crippen molar-refractivity contribution in [2.24, 2.45) is 0 Å². The van der Waals surface area contributed by atoms with E-state index in [1.54, 1.807) is 0 Å². The second kappa shape index (κ2) is 6.72. The molecule has 0 spiro atoms. The SMILES string of the molecule is Brc1ccccc1-c1cnn(CCCc2ccccc2)c1. The summed E-state index contributed by atoms with van der Waals surface area (Å²) in [5.74, 6) is 0. The summed E-state index contributed by atoms with van der Waals surface area (Å²) in [5.41, 5.74) is 3.73. The summed E-state index contributed by atoms with van der Waals surface area (Å²) >= 11 is 3.59. The Morgan fingerprint density at radius 1 is 0.952 bits per heavy atom. The van der Waals surface area contributed by atoms with Gasteiger partial charge in [0.05, 0.1) is 6.20 Å². The maximum Gasteiger partial charge on any atom is 0.0568 e. The molecule has 0 fully saturated rings. The third-order valence-electron chi connectivity index (χ3n) is 3.51. The van der Waals surface area contributed by atoms with Gasteiger partial charge in [-0.3, -0.25) is 4.68 Å². The van der Waals surface area contributed by atoms with Crippen LogP contribution in [0.5, 0.6) is 0 Å². The Kier molecular flexibility index (Phi) is 4.51. The predicted octanol–water partition coefficient (Wildman–Crippen LogP) is 4.95. The van der Waals surface area contributed by atoms with E-state index in [9.17, 15) is 0 Å². The third-order valence-corrected chi connectivity index (χ3v) is 4.21. The number of halogens is 1. The highest BCUT2D eigenvalue weighted by Crippen LogP contribution is 2.27. The lowest BCUT2D eigenvalue weighted by Gasteiger charge is -2.02. The smallest absolute Gasteiger partial charge is 0.0568 e. The number of hydrogen-bond donors (Lipinski definition) is 0. The fourth-order valence-electron chi connectivity index (χ4n) is 2.41. The van der Waals surface area contributed by atoms with E-state index in [0.717, 1.165) is 29.4 Å². The molecule has 0 amide bonds. The minimum Gasteiger partial charge on any atom is -0.272 e. The molecule has 2 nitrogen and oxygen atoms in total. The topological polar surface area (TPSA) is 17.8 Å². The minimum atomic E-state index is 0.944. The van der Waals surface area contributed by atoms with Crippen LogP contribution in [-0.4, -0.2) is 9.78 Å². The first-order valence-corrected chi connectivity index (χ1v) is 7.93. The van der Waals surface area contributed by atoms with E-state index in [2.05, 4.69) is 69.7 Å². The van der Waals surface area contributed by atoms with Gasteiger partial charge in [-0.1, -0.05) is 64.5 Å². The van der Waals surface area contributed by atoms with E-state index in [1.807, 2.05) is 23.0 Å². The molecular formula is C18H17BrN2. The molecule has 3 aromatic rings. The van der Waals surface area contributed by atoms with Crippen LogP contribution in [0.1, 0.15) is 12.0 Å². The summed E-state index contributed by atoms with van der Waals surface area (Å²) in [6.45, 7) is 0.944. The Morgan fingerprint density at radius 2 is 1.71 bits per heavy atom. The van der Waals surface area contributed by atoms with E-state index in [4.69, 9.17) is 0 Å². The van der Waals surface area contributed by atoms with Crippen molar-refractivity contribution in [1.29, 1.82) is 0 Å². The molecule has 3 heteroatoms. The number of aromatic nitrogens is 2. The van der Waals surface area contributed by atoms with E-state index in [-0.39, 0.29) is 0 Å². The van der Waals surface area contributed by atoms with Gasteiger partial charge in [0.2, 0.25) is 0 Å². The predicted molar refractivity (Wildman–Crippen MR) is 90.1 cm³/mol. The molecule has 0 unspecified atom stereocenters. The van der Waals surface area contributed by atoms with E-state index >= 15 is 0 Å². The van der Waals surface area contributed by atoms with Crippen LogP contribution in [0.2, 0.25) is 0 Å². The monoisotopic (exact) mass is 340 g/mol. The van der Waals surface area contributed by atoms with Crippen molar-refractivity contribution in [2.45, 2.75) is 19.4 Å². The molecule has 0 aliphatic heterocycles. The van der Waals surface area contributed by atoms with Crippen molar-refractivity contribution in [3.8, 4) is 11.1 Å². The van der Waals surface area contributed by atoms with Crippen molar-refractivity contribution >= 4 is 15.9 Å². The van der Waals surface area contributed by atoms with Crippen molar-refractivity contribution < 1.29 is 0 Å². The van der Waals surface area contributed by atoms with Crippen LogP contribution in [-0.2, 0) is 13.0 Å². The highest BCUT2D eigenvalue weighted by molar-refractivity contribution is 9.10. The Balaban J connectivity index is 1.62. The van der Waals surface area contributed by atoms with Gasteiger partial charge in [0.15, 0.2) is 0 Å². The van der Waals surface area contributed by atoms with Crippen molar-refractivity contribution in [2.75, 3.05) is 0 Å². The van der Waals surface area contributed by atoms with Crippen LogP contribution in [0, 0.1) is 0 Å². The van der Waals surface area contributed by atoms with Crippen molar-refractivity contribution in [1.82, 2.24) is 9.78 Å². The summed E-state index contributed by atoms with van der Waals surface area (Å²) in [6.07, 6.45) is 6.24. The third kappa shape index (κ3) is 3.61. The highest BCUT2D eigenvalue weighted by Gasteiger charge is 2.05. The highest BCUT2D eigenvalue weighted by atomic mass is 79.9. The second-order valence-corrected chi connectivity index (χ2v) is 5.92. The molecular weight excluding hydrogens is 324 g/mol. The lowest BCUT2D eigenvalue weighted by Crippen LogP contribution is -1.99. The lowest BCUT2D eigenvalue weighted by molar-refractivity contribution is 0.579. The van der Waals surface area contributed by atoms with Gasteiger partial charge < -0.3 is 0 Å². The molecule has 0 N–H and O–H groups in total. The number of rotatable bonds is 5. The van der Waals surface area contributed by atoms with Gasteiger partial charge in [-0.2, -0.15) is 5.10 Å². The molecule has 0 saturated heterocycles. The normalized spacial score (nSPS) is 10.7. The first-order chi connectivity index (χ1) is 10.3. The molecule has 0 aliphatic carbocycles. The van der Waals surface area contributed by atoms with E-state index < -0.39 is 0 Å². The summed E-state index contributed by atoms with van der Waals surface area (Å²) in [6, 6.07) is 18.8. The quantitative estimate of drug-likeness (QED) is 0.642. The fraction of sp³-hybridized carbons (Fsp3) is 0.167. The second-order valence-electron chi connectivity index (χ2n) is 5.06. The van der Waals surface area contributed by atoms with Gasteiger partial charge in [-0.25, -0.2) is 0 Å². The van der Waals surface area contributed by atoms with Crippen LogP contribution < -0.4 is 0 Å². The Hall–Kier alpha value is -1.87. The maximum absolute atomic E-state index is 4.46. The number of nitrogens with zero attached hydrogens (tertiary/aromatic N) is 2. The van der Waals surface area contributed by atoms with Crippen LogP contribution in [0.4, 0.5) is 0 Å². The Labute approximate surface area is 133 Å². The molecule has 0 atom stereocenters. The molecule has 21 heavy (non-hydrogen) atoms. The fourth-order valence-corrected chi connectivity index (χ4v) is 2.92. The number of benzene rings is 2. The van der Waals surface area contributed by atoms with Gasteiger partial charge >= 0.3 is 0 Å². The zero-order chi connectivity index (χ0) is 14.5. The average Bonchev–Trinajstić information content (AvgIpc) is 2.97.